The molecule has 0 radical (unpaired) electrons. The molecule has 0 aliphatic heterocycles. The van der Waals surface area contributed by atoms with Crippen LogP contribution in [0, 0.1) is 13.8 Å². The number of esters is 1. The van der Waals surface area contributed by atoms with Gasteiger partial charge in [0.2, 0.25) is 0 Å². The molecular weight excluding hydrogens is 414 g/mol. The number of fused-ring (bicyclic) bond motifs is 1. The lowest BCUT2D eigenvalue weighted by Gasteiger charge is -2.10. The summed E-state index contributed by atoms with van der Waals surface area (Å²) in [6, 6.07) is 11.7. The molecule has 0 saturated carbocycles. The number of thiazole rings is 1. The van der Waals surface area contributed by atoms with E-state index in [0.29, 0.717) is 33.5 Å². The number of carbonyl (C=O) groups excluding carboxylic acids is 2. The van der Waals surface area contributed by atoms with Crippen LogP contribution in [0.5, 0.6) is 0 Å². The maximum Gasteiger partial charge on any atom is 0.350 e. The highest BCUT2D eigenvalue weighted by atomic mass is 32.1. The molecule has 0 spiro atoms. The van der Waals surface area contributed by atoms with Crippen LogP contribution < -0.4 is 5.32 Å². The molecule has 0 bridgehead atoms. The topological polar surface area (TPSA) is 86.4 Å². The van der Waals surface area contributed by atoms with Gasteiger partial charge in [0.1, 0.15) is 17.2 Å². The lowest BCUT2D eigenvalue weighted by molar-refractivity contribution is 0.0554. The Morgan fingerprint density at radius 1 is 1.26 bits per heavy atom. The molecule has 4 rings (SSSR count). The molecule has 7 nitrogen and oxygen atoms in total. The van der Waals surface area contributed by atoms with Gasteiger partial charge in [-0.3, -0.25) is 10.1 Å². The average molecular weight is 436 g/mol. The number of ether oxygens (including phenoxy) is 1. The average Bonchev–Trinajstić information content (AvgIpc) is 3.43. The van der Waals surface area contributed by atoms with Crippen LogP contribution in [0.3, 0.4) is 0 Å². The largest absolute Gasteiger partial charge is 0.463 e. The number of nitrogens with one attached hydrogen (secondary N) is 1. The zero-order chi connectivity index (χ0) is 22.0. The number of amides is 1. The van der Waals surface area contributed by atoms with Crippen LogP contribution in [0.4, 0.5) is 5.13 Å². The quantitative estimate of drug-likeness (QED) is 0.328. The summed E-state index contributed by atoms with van der Waals surface area (Å²) in [7, 11) is 0. The van der Waals surface area contributed by atoms with Gasteiger partial charge in [0.25, 0.3) is 5.91 Å². The maximum atomic E-state index is 13.1. The molecule has 0 aliphatic rings. The minimum Gasteiger partial charge on any atom is -0.463 e. The number of hydrogen-bond acceptors (Lipinski definition) is 6. The molecule has 3 aromatic heterocycles. The number of hydrogen-bond donors (Lipinski definition) is 1. The van der Waals surface area contributed by atoms with Crippen molar-refractivity contribution in [3.05, 3.63) is 82.7 Å². The van der Waals surface area contributed by atoms with Gasteiger partial charge in [-0.2, -0.15) is 0 Å². The molecule has 1 N–H and O–H groups in total. The van der Waals surface area contributed by atoms with E-state index in [1.807, 2.05) is 41.8 Å². The fourth-order valence-corrected chi connectivity index (χ4v) is 4.07. The Kier molecular flexibility index (Phi) is 5.73. The van der Waals surface area contributed by atoms with Crippen molar-refractivity contribution in [1.82, 2.24) is 9.55 Å². The number of furan rings is 1. The number of anilines is 1. The fraction of sp³-hybridized carbons (Fsp3) is 0.174. The zero-order valence-electron chi connectivity index (χ0n) is 17.2. The molecule has 0 fully saturated rings. The first-order valence-electron chi connectivity index (χ1n) is 9.65. The first-order chi connectivity index (χ1) is 15.0. The van der Waals surface area contributed by atoms with Gasteiger partial charge in [-0.15, -0.1) is 0 Å². The van der Waals surface area contributed by atoms with Gasteiger partial charge in [0, 0.05) is 18.7 Å². The molecule has 8 heteroatoms. The van der Waals surface area contributed by atoms with Crippen LogP contribution in [0.15, 0.2) is 59.7 Å². The predicted octanol–water partition coefficient (Wildman–Crippen LogP) is 4.95. The molecule has 158 valence electrons. The summed E-state index contributed by atoms with van der Waals surface area (Å²) < 4.78 is 12.5. The normalized spacial score (nSPS) is 10.9. The first kappa shape index (κ1) is 20.6. The van der Waals surface area contributed by atoms with Gasteiger partial charge >= 0.3 is 5.97 Å². The predicted molar refractivity (Wildman–Crippen MR) is 120 cm³/mol. The van der Waals surface area contributed by atoms with Crippen molar-refractivity contribution in [3.63, 3.8) is 0 Å². The van der Waals surface area contributed by atoms with Crippen LogP contribution in [0.2, 0.25) is 0 Å². The van der Waals surface area contributed by atoms with Crippen molar-refractivity contribution >= 4 is 39.4 Å². The van der Waals surface area contributed by atoms with Gasteiger partial charge in [-0.1, -0.05) is 53.8 Å². The van der Waals surface area contributed by atoms with E-state index in [2.05, 4.69) is 16.9 Å². The SMILES string of the molecule is C=CCOC(=O)c1sc(NC(=O)c2cc3occc3n2Cc2ccc(C)cc2)nc1C. The van der Waals surface area contributed by atoms with Crippen LogP contribution in [-0.2, 0) is 11.3 Å². The Balaban J connectivity index is 1.60. The summed E-state index contributed by atoms with van der Waals surface area (Å²) >= 11 is 1.08. The van der Waals surface area contributed by atoms with Gasteiger partial charge in [0.15, 0.2) is 10.7 Å². The summed E-state index contributed by atoms with van der Waals surface area (Å²) in [4.78, 5) is 29.8. The third kappa shape index (κ3) is 4.29. The third-order valence-electron chi connectivity index (χ3n) is 4.75. The van der Waals surface area contributed by atoms with E-state index in [9.17, 15) is 9.59 Å². The Morgan fingerprint density at radius 2 is 2.03 bits per heavy atom. The van der Waals surface area contributed by atoms with Gasteiger partial charge < -0.3 is 13.7 Å². The summed E-state index contributed by atoms with van der Waals surface area (Å²) in [5, 5.41) is 3.12. The van der Waals surface area contributed by atoms with E-state index < -0.39 is 5.97 Å². The van der Waals surface area contributed by atoms with Crippen LogP contribution in [-0.4, -0.2) is 28.0 Å². The van der Waals surface area contributed by atoms with E-state index in [0.717, 1.165) is 22.4 Å². The van der Waals surface area contributed by atoms with Crippen molar-refractivity contribution in [2.24, 2.45) is 0 Å². The van der Waals surface area contributed by atoms with Gasteiger partial charge in [-0.05, 0) is 19.4 Å². The molecule has 1 aromatic carbocycles. The molecular formula is C23H21N3O4S. The first-order valence-corrected chi connectivity index (χ1v) is 10.5. The Hall–Kier alpha value is -3.65. The lowest BCUT2D eigenvalue weighted by Crippen LogP contribution is -2.17. The van der Waals surface area contributed by atoms with Gasteiger partial charge in [-0.25, -0.2) is 9.78 Å². The molecule has 1 amide bonds. The van der Waals surface area contributed by atoms with E-state index >= 15 is 0 Å². The number of aromatic nitrogens is 2. The molecule has 31 heavy (non-hydrogen) atoms. The number of rotatable bonds is 7. The number of nitrogens with zero attached hydrogens (tertiary/aromatic N) is 2. The number of aryl methyl sites for hydroxylation is 2. The zero-order valence-corrected chi connectivity index (χ0v) is 18.0. The van der Waals surface area contributed by atoms with E-state index in [4.69, 9.17) is 9.15 Å². The van der Waals surface area contributed by atoms with E-state index in [1.165, 1.54) is 11.6 Å². The van der Waals surface area contributed by atoms with Crippen molar-refractivity contribution in [3.8, 4) is 0 Å². The number of carbonyl (C=O) groups is 2. The number of benzene rings is 1. The van der Waals surface area contributed by atoms with E-state index in [-0.39, 0.29) is 12.5 Å². The fourth-order valence-electron chi connectivity index (χ4n) is 3.21. The minimum atomic E-state index is -0.490. The van der Waals surface area contributed by atoms with Crippen LogP contribution in [0.25, 0.3) is 11.1 Å². The Labute approximate surface area is 183 Å². The highest BCUT2D eigenvalue weighted by molar-refractivity contribution is 7.17. The molecule has 4 aromatic rings. The minimum absolute atomic E-state index is 0.115. The van der Waals surface area contributed by atoms with Crippen molar-refractivity contribution < 1.29 is 18.7 Å². The van der Waals surface area contributed by atoms with Crippen LogP contribution >= 0.6 is 11.3 Å². The second kappa shape index (κ2) is 8.61. The smallest absolute Gasteiger partial charge is 0.350 e. The maximum absolute atomic E-state index is 13.1. The Morgan fingerprint density at radius 3 is 2.77 bits per heavy atom. The molecule has 0 aliphatic carbocycles. The second-order valence-corrected chi connectivity index (χ2v) is 8.05. The summed E-state index contributed by atoms with van der Waals surface area (Å²) in [5.41, 5.74) is 4.63. The molecule has 3 heterocycles. The lowest BCUT2D eigenvalue weighted by atomic mass is 10.1. The van der Waals surface area contributed by atoms with Gasteiger partial charge in [0.05, 0.1) is 17.5 Å². The summed E-state index contributed by atoms with van der Waals surface area (Å²) in [5.74, 6) is -0.825. The molecule has 0 unspecified atom stereocenters. The summed E-state index contributed by atoms with van der Waals surface area (Å²) in [6.07, 6.45) is 3.10. The highest BCUT2D eigenvalue weighted by Gasteiger charge is 2.21. The molecule has 0 saturated heterocycles. The molecule has 0 atom stereocenters. The van der Waals surface area contributed by atoms with Crippen molar-refractivity contribution in [2.45, 2.75) is 20.4 Å². The summed E-state index contributed by atoms with van der Waals surface area (Å²) in [6.45, 7) is 7.89. The van der Waals surface area contributed by atoms with Crippen molar-refractivity contribution in [2.75, 3.05) is 11.9 Å². The van der Waals surface area contributed by atoms with Crippen LogP contribution in [0.1, 0.15) is 37.0 Å². The second-order valence-electron chi connectivity index (χ2n) is 7.05. The standard InChI is InChI=1S/C23H21N3O4S/c1-4-10-30-22(28)20-15(3)24-23(31-20)25-21(27)18-12-19-17(9-11-29-19)26(18)13-16-7-5-14(2)6-8-16/h4-9,11-12H,1,10,13H2,2-3H3,(H,24,25,27). The third-order valence-corrected chi connectivity index (χ3v) is 5.80. The Bertz CT molecular complexity index is 1260. The monoisotopic (exact) mass is 435 g/mol. The van der Waals surface area contributed by atoms with E-state index in [1.54, 1.807) is 19.3 Å². The van der Waals surface area contributed by atoms with Crippen molar-refractivity contribution in [1.29, 1.82) is 0 Å². The highest BCUT2D eigenvalue weighted by Crippen LogP contribution is 2.26.